The van der Waals surface area contributed by atoms with Gasteiger partial charge in [-0.25, -0.2) is 0 Å². The van der Waals surface area contributed by atoms with Gasteiger partial charge in [0, 0.05) is 28.1 Å². The van der Waals surface area contributed by atoms with E-state index in [1.54, 1.807) is 0 Å². The number of hydrogen-bond donors (Lipinski definition) is 3. The predicted octanol–water partition coefficient (Wildman–Crippen LogP) is 2.69. The Kier molecular flexibility index (Phi) is 5.90. The van der Waals surface area contributed by atoms with E-state index in [2.05, 4.69) is 34.8 Å². The van der Waals surface area contributed by atoms with Gasteiger partial charge in [0.25, 0.3) is 0 Å². The van der Waals surface area contributed by atoms with Gasteiger partial charge >= 0.3 is 0 Å². The molecule has 1 rings (SSSR count). The van der Waals surface area contributed by atoms with Crippen molar-refractivity contribution in [1.82, 2.24) is 0 Å². The molecule has 3 nitrogen and oxygen atoms in total. The van der Waals surface area contributed by atoms with Gasteiger partial charge in [-0.15, -0.1) is 0 Å². The molecule has 1 atom stereocenters. The highest BCUT2D eigenvalue weighted by atomic mass is 127. The molecule has 4 heteroatoms. The van der Waals surface area contributed by atoms with Crippen LogP contribution in [0.25, 0.3) is 0 Å². The summed E-state index contributed by atoms with van der Waals surface area (Å²) >= 11 is 2.27. The highest BCUT2D eigenvalue weighted by Gasteiger charge is 2.06. The second-order valence-corrected chi connectivity index (χ2v) is 5.07. The van der Waals surface area contributed by atoms with Gasteiger partial charge in [-0.1, -0.05) is 13.3 Å². The maximum Gasteiger partial charge on any atom is 0.0477 e. The molecule has 1 aromatic rings. The Morgan fingerprint density at radius 1 is 1.50 bits per heavy atom. The van der Waals surface area contributed by atoms with Gasteiger partial charge in [0.2, 0.25) is 0 Å². The van der Waals surface area contributed by atoms with Crippen molar-refractivity contribution in [2.45, 2.75) is 19.8 Å². The molecule has 0 amide bonds. The lowest BCUT2D eigenvalue weighted by molar-refractivity contribution is 0.258. The van der Waals surface area contributed by atoms with Crippen LogP contribution in [0, 0.1) is 9.49 Å². The molecule has 0 spiro atoms. The molecule has 0 radical (unpaired) electrons. The summed E-state index contributed by atoms with van der Waals surface area (Å²) in [6, 6.07) is 5.86. The zero-order valence-electron chi connectivity index (χ0n) is 9.54. The molecule has 0 aliphatic carbocycles. The SMILES string of the molecule is CCC(CCO)CNc1ccc(N)cc1I. The van der Waals surface area contributed by atoms with Gasteiger partial charge in [0.1, 0.15) is 0 Å². The topological polar surface area (TPSA) is 58.3 Å². The summed E-state index contributed by atoms with van der Waals surface area (Å²) in [5, 5.41) is 12.3. The van der Waals surface area contributed by atoms with Crippen LogP contribution in [0.2, 0.25) is 0 Å². The van der Waals surface area contributed by atoms with Crippen molar-refractivity contribution in [3.63, 3.8) is 0 Å². The van der Waals surface area contributed by atoms with Crippen LogP contribution in [-0.4, -0.2) is 18.3 Å². The molecule has 0 bridgehead atoms. The molecule has 0 aromatic heterocycles. The number of anilines is 2. The molecule has 1 unspecified atom stereocenters. The number of hydrogen-bond acceptors (Lipinski definition) is 3. The molecule has 0 aliphatic rings. The van der Waals surface area contributed by atoms with Crippen LogP contribution < -0.4 is 11.1 Å². The Morgan fingerprint density at radius 2 is 2.25 bits per heavy atom. The minimum Gasteiger partial charge on any atom is -0.399 e. The van der Waals surface area contributed by atoms with Crippen LogP contribution in [0.15, 0.2) is 18.2 Å². The summed E-state index contributed by atoms with van der Waals surface area (Å²) in [4.78, 5) is 0. The molecule has 0 fully saturated rings. The monoisotopic (exact) mass is 334 g/mol. The molecule has 1 aromatic carbocycles. The Hall–Kier alpha value is -0.490. The number of aliphatic hydroxyl groups is 1. The summed E-state index contributed by atoms with van der Waals surface area (Å²) in [6.07, 6.45) is 1.94. The van der Waals surface area contributed by atoms with Crippen molar-refractivity contribution in [3.8, 4) is 0 Å². The van der Waals surface area contributed by atoms with E-state index >= 15 is 0 Å². The van der Waals surface area contributed by atoms with Gasteiger partial charge in [0.15, 0.2) is 0 Å². The molecule has 16 heavy (non-hydrogen) atoms. The number of rotatable bonds is 6. The van der Waals surface area contributed by atoms with Crippen LogP contribution in [0.4, 0.5) is 11.4 Å². The van der Waals surface area contributed by atoms with Crippen molar-refractivity contribution in [2.75, 3.05) is 24.2 Å². The van der Waals surface area contributed by atoms with Crippen molar-refractivity contribution in [2.24, 2.45) is 5.92 Å². The fourth-order valence-corrected chi connectivity index (χ4v) is 2.29. The lowest BCUT2D eigenvalue weighted by atomic mass is 10.0. The lowest BCUT2D eigenvalue weighted by Gasteiger charge is -2.16. The van der Waals surface area contributed by atoms with Gasteiger partial charge in [-0.3, -0.25) is 0 Å². The standard InChI is InChI=1S/C12H19IN2O/c1-2-9(5-6-16)8-15-12-4-3-10(14)7-11(12)13/h3-4,7,9,15-16H,2,5-6,8,14H2,1H3. The van der Waals surface area contributed by atoms with Gasteiger partial charge in [0.05, 0.1) is 0 Å². The molecule has 0 heterocycles. The third-order valence-corrected chi connectivity index (χ3v) is 3.58. The maximum atomic E-state index is 8.91. The van der Waals surface area contributed by atoms with E-state index in [9.17, 15) is 0 Å². The molecule has 0 saturated heterocycles. The highest BCUT2D eigenvalue weighted by Crippen LogP contribution is 2.21. The van der Waals surface area contributed by atoms with E-state index < -0.39 is 0 Å². The average molecular weight is 334 g/mol. The van der Waals surface area contributed by atoms with Gasteiger partial charge in [-0.05, 0) is 53.1 Å². The molecule has 0 saturated carbocycles. The number of benzene rings is 1. The van der Waals surface area contributed by atoms with Crippen molar-refractivity contribution < 1.29 is 5.11 Å². The number of nitrogens with one attached hydrogen (secondary N) is 1. The fraction of sp³-hybridized carbons (Fsp3) is 0.500. The lowest BCUT2D eigenvalue weighted by Crippen LogP contribution is -2.15. The summed E-state index contributed by atoms with van der Waals surface area (Å²) in [6.45, 7) is 3.31. The van der Waals surface area contributed by atoms with Crippen molar-refractivity contribution >= 4 is 34.0 Å². The highest BCUT2D eigenvalue weighted by molar-refractivity contribution is 14.1. The summed E-state index contributed by atoms with van der Waals surface area (Å²) < 4.78 is 1.14. The Morgan fingerprint density at radius 3 is 2.81 bits per heavy atom. The van der Waals surface area contributed by atoms with E-state index in [4.69, 9.17) is 10.8 Å². The minimum absolute atomic E-state index is 0.263. The second-order valence-electron chi connectivity index (χ2n) is 3.91. The smallest absolute Gasteiger partial charge is 0.0477 e. The zero-order chi connectivity index (χ0) is 12.0. The molecule has 90 valence electrons. The largest absolute Gasteiger partial charge is 0.399 e. The van der Waals surface area contributed by atoms with Crippen LogP contribution in [0.3, 0.4) is 0 Å². The normalized spacial score (nSPS) is 12.4. The predicted molar refractivity (Wildman–Crippen MR) is 77.5 cm³/mol. The minimum atomic E-state index is 0.263. The molecular formula is C12H19IN2O. The Labute approximate surface area is 111 Å². The van der Waals surface area contributed by atoms with Crippen LogP contribution in [-0.2, 0) is 0 Å². The summed E-state index contributed by atoms with van der Waals surface area (Å²) in [5.74, 6) is 0.526. The van der Waals surface area contributed by atoms with E-state index in [1.165, 1.54) is 0 Å². The Balaban J connectivity index is 2.53. The van der Waals surface area contributed by atoms with Crippen molar-refractivity contribution in [1.29, 1.82) is 0 Å². The van der Waals surface area contributed by atoms with E-state index in [0.29, 0.717) is 5.92 Å². The second kappa shape index (κ2) is 6.96. The van der Waals surface area contributed by atoms with Gasteiger partial charge < -0.3 is 16.2 Å². The summed E-state index contributed by atoms with van der Waals surface area (Å²) in [5.41, 5.74) is 7.60. The third-order valence-electron chi connectivity index (χ3n) is 2.69. The van der Waals surface area contributed by atoms with E-state index in [0.717, 1.165) is 34.3 Å². The Bertz CT molecular complexity index is 331. The first kappa shape index (κ1) is 13.6. The third kappa shape index (κ3) is 4.17. The molecule has 4 N–H and O–H groups in total. The quantitative estimate of drug-likeness (QED) is 0.554. The first-order valence-corrected chi connectivity index (χ1v) is 6.65. The number of halogens is 1. The first-order chi connectivity index (χ1) is 7.67. The van der Waals surface area contributed by atoms with Crippen LogP contribution in [0.5, 0.6) is 0 Å². The number of nitrogens with two attached hydrogens (primary N) is 1. The van der Waals surface area contributed by atoms with Crippen LogP contribution in [0.1, 0.15) is 19.8 Å². The average Bonchev–Trinajstić information content (AvgIpc) is 2.26. The van der Waals surface area contributed by atoms with E-state index in [1.807, 2.05) is 18.2 Å². The first-order valence-electron chi connectivity index (χ1n) is 5.57. The van der Waals surface area contributed by atoms with E-state index in [-0.39, 0.29) is 6.61 Å². The maximum absolute atomic E-state index is 8.91. The number of aliphatic hydroxyl groups excluding tert-OH is 1. The number of nitrogen functional groups attached to an aromatic ring is 1. The molecular weight excluding hydrogens is 315 g/mol. The van der Waals surface area contributed by atoms with Crippen molar-refractivity contribution in [3.05, 3.63) is 21.8 Å². The van der Waals surface area contributed by atoms with Crippen LogP contribution >= 0.6 is 22.6 Å². The molecule has 0 aliphatic heterocycles. The zero-order valence-corrected chi connectivity index (χ0v) is 11.7. The fourth-order valence-electron chi connectivity index (χ4n) is 1.56. The summed E-state index contributed by atoms with van der Waals surface area (Å²) in [7, 11) is 0. The van der Waals surface area contributed by atoms with Gasteiger partial charge in [-0.2, -0.15) is 0 Å².